The van der Waals surface area contributed by atoms with Crippen LogP contribution in [0.25, 0.3) is 0 Å². The minimum atomic E-state index is -0.630. The first-order valence-electron chi connectivity index (χ1n) is 14.0. The maximum atomic E-state index is 13.2. The molecular weight excluding hydrogens is 462 g/mol. The minimum Gasteiger partial charge on any atom is -0.352 e. The normalized spacial score (nSPS) is 28.4. The summed E-state index contributed by atoms with van der Waals surface area (Å²) in [7, 11) is 0. The summed E-state index contributed by atoms with van der Waals surface area (Å²) >= 11 is 0. The summed E-state index contributed by atoms with van der Waals surface area (Å²) in [6, 6.07) is 16.7. The highest BCUT2D eigenvalue weighted by molar-refractivity contribution is 5.97. The van der Waals surface area contributed by atoms with Gasteiger partial charge < -0.3 is 16.0 Å². The van der Waals surface area contributed by atoms with Crippen molar-refractivity contribution in [2.24, 2.45) is 23.2 Å². The van der Waals surface area contributed by atoms with Crippen molar-refractivity contribution in [2.45, 2.75) is 76.4 Å². The number of hydrogen-bond acceptors (Lipinski definition) is 3. The van der Waals surface area contributed by atoms with Gasteiger partial charge in [0.05, 0.1) is 0 Å². The van der Waals surface area contributed by atoms with Crippen molar-refractivity contribution < 1.29 is 14.4 Å². The standard InChI is InChI=1S/C31H37N3O3/c35-28(34-27(29(36)33-26-10-11-26)15-20-4-2-1-3-5-20)25-8-6-21(7-9-25)19-32-30(37)31-16-22-12-23(17-31)14-24(13-22)18-31/h1-9,22-24,26-27H,10-19H2,(H,32,37)(H,33,36)(H,34,35). The molecule has 4 bridgehead atoms. The van der Waals surface area contributed by atoms with Crippen molar-refractivity contribution in [3.05, 3.63) is 71.3 Å². The largest absolute Gasteiger partial charge is 0.352 e. The highest BCUT2D eigenvalue weighted by Crippen LogP contribution is 2.60. The van der Waals surface area contributed by atoms with E-state index >= 15 is 0 Å². The van der Waals surface area contributed by atoms with E-state index in [2.05, 4.69) is 16.0 Å². The van der Waals surface area contributed by atoms with E-state index in [0.717, 1.165) is 61.0 Å². The van der Waals surface area contributed by atoms with Crippen LogP contribution in [0.5, 0.6) is 0 Å². The van der Waals surface area contributed by atoms with Gasteiger partial charge in [-0.15, -0.1) is 0 Å². The summed E-state index contributed by atoms with van der Waals surface area (Å²) in [5.41, 5.74) is 2.34. The Kier molecular flexibility index (Phi) is 6.51. The first kappa shape index (κ1) is 24.2. The molecule has 5 saturated carbocycles. The first-order valence-corrected chi connectivity index (χ1v) is 14.0. The van der Waals surface area contributed by atoms with Crippen LogP contribution in [-0.4, -0.2) is 29.8 Å². The molecule has 0 spiro atoms. The molecule has 0 radical (unpaired) electrons. The highest BCUT2D eigenvalue weighted by Gasteiger charge is 2.54. The quantitative estimate of drug-likeness (QED) is 0.485. The van der Waals surface area contributed by atoms with Crippen molar-refractivity contribution in [1.29, 1.82) is 0 Å². The summed E-state index contributed by atoms with van der Waals surface area (Å²) < 4.78 is 0. The van der Waals surface area contributed by atoms with Crippen LogP contribution in [0.4, 0.5) is 0 Å². The van der Waals surface area contributed by atoms with E-state index in [1.165, 1.54) is 19.3 Å². The van der Waals surface area contributed by atoms with E-state index in [9.17, 15) is 14.4 Å². The van der Waals surface area contributed by atoms with Crippen LogP contribution >= 0.6 is 0 Å². The fraction of sp³-hybridized carbons (Fsp3) is 0.516. The summed E-state index contributed by atoms with van der Waals surface area (Å²) in [5, 5.41) is 9.17. The Balaban J connectivity index is 1.06. The zero-order chi connectivity index (χ0) is 25.4. The second-order valence-electron chi connectivity index (χ2n) is 12.1. The molecule has 1 atom stereocenters. The zero-order valence-electron chi connectivity index (χ0n) is 21.4. The number of hydrogen-bond donors (Lipinski definition) is 3. The molecule has 5 fully saturated rings. The van der Waals surface area contributed by atoms with Gasteiger partial charge in [0.15, 0.2) is 0 Å². The maximum Gasteiger partial charge on any atom is 0.251 e. The molecule has 5 aliphatic carbocycles. The van der Waals surface area contributed by atoms with Gasteiger partial charge in [-0.2, -0.15) is 0 Å². The van der Waals surface area contributed by atoms with E-state index in [1.807, 2.05) is 42.5 Å². The molecule has 3 N–H and O–H groups in total. The third kappa shape index (κ3) is 5.43. The molecule has 0 saturated heterocycles. The lowest BCUT2D eigenvalue weighted by Crippen LogP contribution is -2.53. The molecule has 6 nitrogen and oxygen atoms in total. The lowest BCUT2D eigenvalue weighted by molar-refractivity contribution is -0.146. The smallest absolute Gasteiger partial charge is 0.251 e. The minimum absolute atomic E-state index is 0.135. The van der Waals surface area contributed by atoms with Crippen molar-refractivity contribution in [2.75, 3.05) is 0 Å². The SMILES string of the molecule is O=C(NC(Cc1ccccc1)C(=O)NC1CC1)c1ccc(CNC(=O)C23CC4CC(CC(C4)C2)C3)cc1. The molecule has 0 heterocycles. The molecule has 6 heteroatoms. The number of rotatable bonds is 9. The van der Waals surface area contributed by atoms with E-state index in [0.29, 0.717) is 18.5 Å². The average Bonchev–Trinajstić information content (AvgIpc) is 3.71. The van der Waals surface area contributed by atoms with E-state index in [1.54, 1.807) is 12.1 Å². The molecule has 5 aliphatic rings. The predicted octanol–water partition coefficient (Wildman–Crippen LogP) is 4.14. The Morgan fingerprint density at radius 1 is 0.811 bits per heavy atom. The fourth-order valence-electron chi connectivity index (χ4n) is 7.36. The molecule has 37 heavy (non-hydrogen) atoms. The first-order chi connectivity index (χ1) is 18.0. The molecule has 3 amide bonds. The Bertz CT molecular complexity index is 1120. The van der Waals surface area contributed by atoms with Crippen LogP contribution in [0.15, 0.2) is 54.6 Å². The third-order valence-corrected chi connectivity index (χ3v) is 9.02. The van der Waals surface area contributed by atoms with Crippen LogP contribution in [0.3, 0.4) is 0 Å². The topological polar surface area (TPSA) is 87.3 Å². The van der Waals surface area contributed by atoms with Gasteiger partial charge in [0.2, 0.25) is 11.8 Å². The molecule has 0 aliphatic heterocycles. The van der Waals surface area contributed by atoms with E-state index < -0.39 is 6.04 Å². The highest BCUT2D eigenvalue weighted by atomic mass is 16.2. The zero-order valence-corrected chi connectivity index (χ0v) is 21.4. The van der Waals surface area contributed by atoms with Crippen LogP contribution in [0, 0.1) is 23.2 Å². The Hall–Kier alpha value is -3.15. The molecule has 194 valence electrons. The fourth-order valence-corrected chi connectivity index (χ4v) is 7.36. The Labute approximate surface area is 219 Å². The summed E-state index contributed by atoms with van der Waals surface area (Å²) in [6.45, 7) is 0.475. The van der Waals surface area contributed by atoms with Crippen LogP contribution in [0.1, 0.15) is 72.9 Å². The Morgan fingerprint density at radius 3 is 2.03 bits per heavy atom. The van der Waals surface area contributed by atoms with Gasteiger partial charge in [0.1, 0.15) is 6.04 Å². The lowest BCUT2D eigenvalue weighted by atomic mass is 9.49. The van der Waals surface area contributed by atoms with Gasteiger partial charge in [0, 0.05) is 30.0 Å². The number of carbonyl (C=O) groups is 3. The second-order valence-corrected chi connectivity index (χ2v) is 12.1. The van der Waals surface area contributed by atoms with E-state index in [-0.39, 0.29) is 29.2 Å². The monoisotopic (exact) mass is 499 g/mol. The number of benzene rings is 2. The molecule has 7 rings (SSSR count). The molecule has 1 unspecified atom stereocenters. The summed E-state index contributed by atoms with van der Waals surface area (Å²) in [5.74, 6) is 2.05. The number of amides is 3. The molecule has 0 aromatic heterocycles. The molecular formula is C31H37N3O3. The van der Waals surface area contributed by atoms with E-state index in [4.69, 9.17) is 0 Å². The second kappa shape index (κ2) is 9.96. The van der Waals surface area contributed by atoms with Crippen molar-refractivity contribution >= 4 is 17.7 Å². The van der Waals surface area contributed by atoms with Gasteiger partial charge in [-0.05, 0) is 92.4 Å². The van der Waals surface area contributed by atoms with Gasteiger partial charge in [-0.3, -0.25) is 14.4 Å². The third-order valence-electron chi connectivity index (χ3n) is 9.02. The van der Waals surface area contributed by atoms with Gasteiger partial charge in [-0.25, -0.2) is 0 Å². The van der Waals surface area contributed by atoms with Crippen molar-refractivity contribution in [1.82, 2.24) is 16.0 Å². The molecule has 2 aromatic carbocycles. The van der Waals surface area contributed by atoms with Crippen molar-refractivity contribution in [3.63, 3.8) is 0 Å². The average molecular weight is 500 g/mol. The van der Waals surface area contributed by atoms with Gasteiger partial charge in [-0.1, -0.05) is 42.5 Å². The number of carbonyl (C=O) groups excluding carboxylic acids is 3. The Morgan fingerprint density at radius 2 is 1.43 bits per heavy atom. The maximum absolute atomic E-state index is 13.2. The molecule has 2 aromatic rings. The van der Waals surface area contributed by atoms with Gasteiger partial charge >= 0.3 is 0 Å². The van der Waals surface area contributed by atoms with Crippen LogP contribution in [0.2, 0.25) is 0 Å². The lowest BCUT2D eigenvalue weighted by Gasteiger charge is -2.55. The van der Waals surface area contributed by atoms with Crippen molar-refractivity contribution in [3.8, 4) is 0 Å². The number of nitrogens with one attached hydrogen (secondary N) is 3. The van der Waals surface area contributed by atoms with Crippen LogP contribution in [-0.2, 0) is 22.6 Å². The summed E-state index contributed by atoms with van der Waals surface area (Å²) in [4.78, 5) is 39.1. The van der Waals surface area contributed by atoms with Gasteiger partial charge in [0.25, 0.3) is 5.91 Å². The van der Waals surface area contributed by atoms with Crippen LogP contribution < -0.4 is 16.0 Å². The predicted molar refractivity (Wildman–Crippen MR) is 141 cm³/mol. The summed E-state index contributed by atoms with van der Waals surface area (Å²) in [6.07, 6.45) is 9.59.